The van der Waals surface area contributed by atoms with Crippen molar-refractivity contribution in [2.75, 3.05) is 6.61 Å². The van der Waals surface area contributed by atoms with Crippen LogP contribution in [0.4, 0.5) is 4.39 Å². The predicted molar refractivity (Wildman–Crippen MR) is 72.9 cm³/mol. The summed E-state index contributed by atoms with van der Waals surface area (Å²) in [6.45, 7) is 2.43. The van der Waals surface area contributed by atoms with E-state index in [4.69, 9.17) is 16.3 Å². The van der Waals surface area contributed by atoms with Crippen LogP contribution in [0.3, 0.4) is 0 Å². The monoisotopic (exact) mass is 284 g/mol. The number of rotatable bonds is 5. The molecule has 0 aromatic heterocycles. The molecular formula is C15H18ClFO2. The van der Waals surface area contributed by atoms with Gasteiger partial charge >= 0.3 is 0 Å². The molecule has 0 spiro atoms. The van der Waals surface area contributed by atoms with Gasteiger partial charge in [0.2, 0.25) is 0 Å². The van der Waals surface area contributed by atoms with Gasteiger partial charge in [0.1, 0.15) is 11.4 Å². The lowest BCUT2D eigenvalue weighted by molar-refractivity contribution is -0.142. The number of halogens is 2. The van der Waals surface area contributed by atoms with E-state index in [1.54, 1.807) is 6.07 Å². The molecule has 0 aliphatic heterocycles. The Morgan fingerprint density at radius 2 is 2.11 bits per heavy atom. The Hall–Kier alpha value is -0.930. The number of benzene rings is 1. The highest BCUT2D eigenvalue weighted by Gasteiger charge is 2.41. The summed E-state index contributed by atoms with van der Waals surface area (Å²) in [4.78, 5) is 12.5. The second kappa shape index (κ2) is 6.02. The minimum Gasteiger partial charge on any atom is -0.367 e. The van der Waals surface area contributed by atoms with Gasteiger partial charge in [-0.2, -0.15) is 0 Å². The number of ketones is 1. The first-order valence-corrected chi connectivity index (χ1v) is 7.06. The molecule has 0 heterocycles. The molecule has 19 heavy (non-hydrogen) atoms. The molecule has 1 saturated carbocycles. The number of carbonyl (C=O) groups is 1. The highest BCUT2D eigenvalue weighted by Crippen LogP contribution is 2.35. The van der Waals surface area contributed by atoms with Crippen LogP contribution in [-0.4, -0.2) is 18.0 Å². The quantitative estimate of drug-likeness (QED) is 0.819. The fourth-order valence-electron chi connectivity index (χ4n) is 2.73. The van der Waals surface area contributed by atoms with Crippen molar-refractivity contribution in [3.8, 4) is 0 Å². The van der Waals surface area contributed by atoms with Crippen molar-refractivity contribution in [1.29, 1.82) is 0 Å². The minimum absolute atomic E-state index is 0.0559. The maximum Gasteiger partial charge on any atom is 0.169 e. The Morgan fingerprint density at radius 3 is 2.68 bits per heavy atom. The smallest absolute Gasteiger partial charge is 0.169 e. The van der Waals surface area contributed by atoms with Crippen molar-refractivity contribution in [1.82, 2.24) is 0 Å². The van der Waals surface area contributed by atoms with Gasteiger partial charge in [-0.1, -0.05) is 17.7 Å². The van der Waals surface area contributed by atoms with Gasteiger partial charge in [0.15, 0.2) is 5.78 Å². The first-order chi connectivity index (χ1) is 9.07. The summed E-state index contributed by atoms with van der Waals surface area (Å²) in [6, 6.07) is 4.15. The highest BCUT2D eigenvalue weighted by molar-refractivity contribution is 6.31. The zero-order chi connectivity index (χ0) is 13.9. The van der Waals surface area contributed by atoms with Gasteiger partial charge in [0.05, 0.1) is 0 Å². The molecule has 2 rings (SSSR count). The zero-order valence-electron chi connectivity index (χ0n) is 11.0. The van der Waals surface area contributed by atoms with Gasteiger partial charge in [-0.3, -0.25) is 4.79 Å². The summed E-state index contributed by atoms with van der Waals surface area (Å²) in [5, 5.41) is 0.304. The number of Topliss-reactive ketones (excluding diaryl/α,β-unsaturated/α-hetero) is 1. The first-order valence-electron chi connectivity index (χ1n) is 6.68. The second-order valence-corrected chi connectivity index (χ2v) is 5.38. The van der Waals surface area contributed by atoms with E-state index in [0.29, 0.717) is 17.2 Å². The molecular weight excluding hydrogens is 267 g/mol. The van der Waals surface area contributed by atoms with E-state index >= 15 is 0 Å². The lowest BCUT2D eigenvalue weighted by Crippen LogP contribution is -2.40. The topological polar surface area (TPSA) is 26.3 Å². The van der Waals surface area contributed by atoms with Crippen molar-refractivity contribution in [2.45, 2.75) is 44.6 Å². The summed E-state index contributed by atoms with van der Waals surface area (Å²) in [7, 11) is 0. The van der Waals surface area contributed by atoms with E-state index in [9.17, 15) is 9.18 Å². The van der Waals surface area contributed by atoms with Gasteiger partial charge in [0, 0.05) is 18.1 Å². The molecule has 1 aromatic rings. The van der Waals surface area contributed by atoms with Crippen molar-refractivity contribution in [2.24, 2.45) is 0 Å². The Kier molecular flexibility index (Phi) is 4.58. The van der Waals surface area contributed by atoms with Gasteiger partial charge < -0.3 is 4.74 Å². The van der Waals surface area contributed by atoms with Crippen LogP contribution < -0.4 is 0 Å². The van der Waals surface area contributed by atoms with Crippen LogP contribution in [0.15, 0.2) is 18.2 Å². The maximum absolute atomic E-state index is 13.0. The lowest BCUT2D eigenvalue weighted by atomic mass is 9.91. The molecule has 104 valence electrons. The van der Waals surface area contributed by atoms with E-state index in [-0.39, 0.29) is 18.0 Å². The highest BCUT2D eigenvalue weighted by atomic mass is 35.5. The molecule has 0 saturated heterocycles. The van der Waals surface area contributed by atoms with E-state index in [1.165, 1.54) is 12.1 Å². The number of carbonyl (C=O) groups excluding carboxylic acids is 1. The molecule has 0 radical (unpaired) electrons. The fourth-order valence-corrected chi connectivity index (χ4v) is 2.96. The van der Waals surface area contributed by atoms with Crippen LogP contribution in [0.1, 0.15) is 38.2 Å². The van der Waals surface area contributed by atoms with Crippen molar-refractivity contribution in [3.05, 3.63) is 34.6 Å². The molecule has 0 atom stereocenters. The Morgan fingerprint density at radius 1 is 1.42 bits per heavy atom. The first kappa shape index (κ1) is 14.5. The summed E-state index contributed by atoms with van der Waals surface area (Å²) in [5.74, 6) is -0.332. The number of hydrogen-bond acceptors (Lipinski definition) is 2. The minimum atomic E-state index is -0.646. The Bertz CT molecular complexity index is 467. The van der Waals surface area contributed by atoms with Crippen molar-refractivity contribution < 1.29 is 13.9 Å². The summed E-state index contributed by atoms with van der Waals surface area (Å²) in [5.41, 5.74) is 0.0194. The number of hydrogen-bond donors (Lipinski definition) is 0. The van der Waals surface area contributed by atoms with E-state index in [0.717, 1.165) is 25.7 Å². The predicted octanol–water partition coefficient (Wildman–Crippen LogP) is 3.94. The second-order valence-electron chi connectivity index (χ2n) is 4.97. The third kappa shape index (κ3) is 3.15. The summed E-state index contributed by atoms with van der Waals surface area (Å²) < 4.78 is 18.7. The summed E-state index contributed by atoms with van der Waals surface area (Å²) >= 11 is 5.97. The molecule has 1 aromatic carbocycles. The Labute approximate surface area is 117 Å². The summed E-state index contributed by atoms with van der Waals surface area (Å²) in [6.07, 6.45) is 3.79. The van der Waals surface area contributed by atoms with Crippen LogP contribution in [0.5, 0.6) is 0 Å². The van der Waals surface area contributed by atoms with E-state index in [1.807, 2.05) is 6.92 Å². The molecule has 1 aliphatic rings. The van der Waals surface area contributed by atoms with Crippen molar-refractivity contribution in [3.63, 3.8) is 0 Å². The lowest BCUT2D eigenvalue weighted by Gasteiger charge is -2.27. The average molecular weight is 285 g/mol. The third-order valence-corrected chi connectivity index (χ3v) is 4.06. The van der Waals surface area contributed by atoms with Crippen molar-refractivity contribution >= 4 is 17.4 Å². The molecule has 2 nitrogen and oxygen atoms in total. The Balaban J connectivity index is 2.15. The van der Waals surface area contributed by atoms with Crippen LogP contribution in [0, 0.1) is 5.82 Å². The average Bonchev–Trinajstić information content (AvgIpc) is 2.83. The molecule has 0 bridgehead atoms. The fraction of sp³-hybridized carbons (Fsp3) is 0.533. The molecule has 1 fully saturated rings. The largest absolute Gasteiger partial charge is 0.367 e. The van der Waals surface area contributed by atoms with E-state index in [2.05, 4.69) is 0 Å². The van der Waals surface area contributed by atoms with Gasteiger partial charge in [-0.25, -0.2) is 4.39 Å². The molecule has 0 amide bonds. The third-order valence-electron chi connectivity index (χ3n) is 3.71. The maximum atomic E-state index is 13.0. The standard InChI is InChI=1S/C15H18ClFO2/c1-2-19-15(7-3-4-8-15)14(18)9-11-5-6-12(17)10-13(11)16/h5-6,10H,2-4,7-9H2,1H3. The molecule has 0 N–H and O–H groups in total. The normalized spacial score (nSPS) is 17.6. The SMILES string of the molecule is CCOC1(C(=O)Cc2ccc(F)cc2Cl)CCCC1. The molecule has 1 aliphatic carbocycles. The van der Waals surface area contributed by atoms with Gasteiger partial charge in [-0.15, -0.1) is 0 Å². The number of ether oxygens (including phenoxy) is 1. The van der Waals surface area contributed by atoms with Crippen LogP contribution in [0.2, 0.25) is 5.02 Å². The van der Waals surface area contributed by atoms with Gasteiger partial charge in [0.25, 0.3) is 0 Å². The zero-order valence-corrected chi connectivity index (χ0v) is 11.8. The van der Waals surface area contributed by atoms with Gasteiger partial charge in [-0.05, 0) is 50.3 Å². The van der Waals surface area contributed by atoms with E-state index < -0.39 is 5.60 Å². The van der Waals surface area contributed by atoms with Crippen LogP contribution in [0.25, 0.3) is 0 Å². The van der Waals surface area contributed by atoms with Crippen LogP contribution in [-0.2, 0) is 16.0 Å². The molecule has 0 unspecified atom stereocenters. The molecule has 4 heteroatoms. The van der Waals surface area contributed by atoms with Crippen LogP contribution >= 0.6 is 11.6 Å².